The van der Waals surface area contributed by atoms with E-state index < -0.39 is 6.29 Å². The third kappa shape index (κ3) is 4.58. The summed E-state index contributed by atoms with van der Waals surface area (Å²) in [6, 6.07) is 7.63. The number of carbonyl (C=O) groups is 1. The molecule has 1 saturated heterocycles. The molecule has 5 nitrogen and oxygen atoms in total. The van der Waals surface area contributed by atoms with E-state index in [1.807, 2.05) is 31.2 Å². The van der Waals surface area contributed by atoms with Crippen molar-refractivity contribution in [2.75, 3.05) is 14.2 Å². The Bertz CT molecular complexity index is 508. The lowest BCUT2D eigenvalue weighted by Gasteiger charge is -2.34. The van der Waals surface area contributed by atoms with E-state index in [0.29, 0.717) is 6.42 Å². The van der Waals surface area contributed by atoms with E-state index in [9.17, 15) is 4.79 Å². The molecule has 1 heterocycles. The minimum atomic E-state index is -0.397. The molecular weight excluding hydrogens is 284 g/mol. The molecule has 0 spiro atoms. The van der Waals surface area contributed by atoms with Gasteiger partial charge in [0, 0.05) is 18.1 Å². The maximum atomic E-state index is 11.1. The monoisotopic (exact) mass is 306 g/mol. The normalized spacial score (nSPS) is 25.1. The summed E-state index contributed by atoms with van der Waals surface area (Å²) in [5, 5.41) is 0. The van der Waals surface area contributed by atoms with Crippen molar-refractivity contribution in [3.05, 3.63) is 42.0 Å². The molecule has 1 aromatic carbocycles. The summed E-state index contributed by atoms with van der Waals surface area (Å²) in [6.45, 7) is 2.02. The summed E-state index contributed by atoms with van der Waals surface area (Å²) >= 11 is 0. The Balaban J connectivity index is 1.97. The Hall–Kier alpha value is -1.85. The second-order valence-electron chi connectivity index (χ2n) is 5.21. The Morgan fingerprint density at radius 1 is 1.27 bits per heavy atom. The molecule has 2 rings (SSSR count). The lowest BCUT2D eigenvalue weighted by Crippen LogP contribution is -2.31. The fourth-order valence-electron chi connectivity index (χ4n) is 2.35. The zero-order valence-electron chi connectivity index (χ0n) is 13.2. The first-order valence-corrected chi connectivity index (χ1v) is 7.31. The number of carbonyl (C=O) groups excluding carboxylic acids is 1. The number of esters is 1. The van der Waals surface area contributed by atoms with Crippen LogP contribution in [-0.2, 0) is 19.0 Å². The second-order valence-corrected chi connectivity index (χ2v) is 5.21. The first kappa shape index (κ1) is 16.5. The number of ether oxygens (including phenoxy) is 4. The van der Waals surface area contributed by atoms with Gasteiger partial charge in [-0.1, -0.05) is 18.2 Å². The van der Waals surface area contributed by atoms with Crippen LogP contribution in [-0.4, -0.2) is 32.4 Å². The molecule has 1 fully saturated rings. The molecule has 3 atom stereocenters. The van der Waals surface area contributed by atoms with E-state index in [1.165, 1.54) is 13.2 Å². The zero-order chi connectivity index (χ0) is 15.9. The van der Waals surface area contributed by atoms with Gasteiger partial charge in [0.1, 0.15) is 5.75 Å². The van der Waals surface area contributed by atoms with Gasteiger partial charge in [-0.15, -0.1) is 0 Å². The van der Waals surface area contributed by atoms with Gasteiger partial charge in [-0.05, 0) is 25.5 Å². The third-order valence-corrected chi connectivity index (χ3v) is 3.51. The lowest BCUT2D eigenvalue weighted by atomic mass is 10.1. The zero-order valence-corrected chi connectivity index (χ0v) is 13.2. The smallest absolute Gasteiger partial charge is 0.330 e. The number of hydrogen-bond acceptors (Lipinski definition) is 5. The van der Waals surface area contributed by atoms with Crippen molar-refractivity contribution in [3.8, 4) is 5.75 Å². The van der Waals surface area contributed by atoms with Crippen molar-refractivity contribution in [3.63, 3.8) is 0 Å². The van der Waals surface area contributed by atoms with Gasteiger partial charge >= 0.3 is 5.97 Å². The highest BCUT2D eigenvalue weighted by Gasteiger charge is 2.28. The van der Waals surface area contributed by atoms with E-state index in [0.717, 1.165) is 17.7 Å². The van der Waals surface area contributed by atoms with E-state index >= 15 is 0 Å². The summed E-state index contributed by atoms with van der Waals surface area (Å²) in [4.78, 5) is 11.1. The topological polar surface area (TPSA) is 54.0 Å². The molecule has 1 aliphatic rings. The Kier molecular flexibility index (Phi) is 5.98. The predicted octanol–water partition coefficient (Wildman–Crippen LogP) is 3.01. The van der Waals surface area contributed by atoms with Crippen LogP contribution >= 0.6 is 0 Å². The second kappa shape index (κ2) is 7.96. The van der Waals surface area contributed by atoms with E-state index in [1.54, 1.807) is 13.2 Å². The van der Waals surface area contributed by atoms with Crippen LogP contribution in [0.2, 0.25) is 0 Å². The summed E-state index contributed by atoms with van der Waals surface area (Å²) < 4.78 is 21.5. The molecule has 0 bridgehead atoms. The van der Waals surface area contributed by atoms with E-state index in [-0.39, 0.29) is 18.2 Å². The van der Waals surface area contributed by atoms with Crippen LogP contribution in [0.25, 0.3) is 0 Å². The molecule has 5 heteroatoms. The molecule has 0 saturated carbocycles. The fourth-order valence-corrected chi connectivity index (χ4v) is 2.35. The standard InChI is InChI=1S/C17H22O5/c1-12-11-15(5-4-6-16(18)20-3)22-17(21-12)13-7-9-14(19-2)10-8-13/h4,6-10,12,15,17H,5,11H2,1-3H3/b6-4+. The van der Waals surface area contributed by atoms with Gasteiger partial charge in [0.25, 0.3) is 0 Å². The molecule has 1 aliphatic heterocycles. The van der Waals surface area contributed by atoms with Gasteiger partial charge in [0.2, 0.25) is 0 Å². The Labute approximate surface area is 130 Å². The average molecular weight is 306 g/mol. The van der Waals surface area contributed by atoms with Gasteiger partial charge in [-0.25, -0.2) is 4.79 Å². The van der Waals surface area contributed by atoms with Gasteiger partial charge in [0.15, 0.2) is 6.29 Å². The number of rotatable bonds is 5. The molecule has 22 heavy (non-hydrogen) atoms. The molecule has 120 valence electrons. The highest BCUT2D eigenvalue weighted by molar-refractivity contribution is 5.81. The van der Waals surface area contributed by atoms with Gasteiger partial charge < -0.3 is 18.9 Å². The molecule has 0 N–H and O–H groups in total. The van der Waals surface area contributed by atoms with Crippen molar-refractivity contribution >= 4 is 5.97 Å². The van der Waals surface area contributed by atoms with Crippen LogP contribution in [0.3, 0.4) is 0 Å². The number of benzene rings is 1. The summed E-state index contributed by atoms with van der Waals surface area (Å²) in [6.07, 6.45) is 4.35. The molecule has 0 aliphatic carbocycles. The summed E-state index contributed by atoms with van der Waals surface area (Å²) in [5.41, 5.74) is 0.953. The Morgan fingerprint density at radius 2 is 2.00 bits per heavy atom. The van der Waals surface area contributed by atoms with Crippen molar-refractivity contribution in [1.82, 2.24) is 0 Å². The fraction of sp³-hybridized carbons (Fsp3) is 0.471. The molecule has 0 radical (unpaired) electrons. The Morgan fingerprint density at radius 3 is 2.64 bits per heavy atom. The first-order valence-electron chi connectivity index (χ1n) is 7.31. The van der Waals surface area contributed by atoms with Crippen LogP contribution < -0.4 is 4.74 Å². The van der Waals surface area contributed by atoms with Gasteiger partial charge in [-0.2, -0.15) is 0 Å². The number of methoxy groups -OCH3 is 2. The summed E-state index contributed by atoms with van der Waals surface area (Å²) in [5.74, 6) is 0.442. The van der Waals surface area contributed by atoms with Crippen molar-refractivity contribution in [2.24, 2.45) is 0 Å². The molecule has 0 amide bonds. The largest absolute Gasteiger partial charge is 0.497 e. The molecule has 3 unspecified atom stereocenters. The minimum Gasteiger partial charge on any atom is -0.497 e. The third-order valence-electron chi connectivity index (χ3n) is 3.51. The molecule has 0 aromatic heterocycles. The van der Waals surface area contributed by atoms with Crippen LogP contribution in [0.15, 0.2) is 36.4 Å². The highest BCUT2D eigenvalue weighted by Crippen LogP contribution is 2.31. The summed E-state index contributed by atoms with van der Waals surface area (Å²) in [7, 11) is 2.99. The maximum absolute atomic E-state index is 11.1. The predicted molar refractivity (Wildman–Crippen MR) is 81.5 cm³/mol. The molecular formula is C17H22O5. The van der Waals surface area contributed by atoms with Crippen LogP contribution in [0.4, 0.5) is 0 Å². The minimum absolute atomic E-state index is 0.0109. The highest BCUT2D eigenvalue weighted by atomic mass is 16.7. The van der Waals surface area contributed by atoms with E-state index in [2.05, 4.69) is 4.74 Å². The quantitative estimate of drug-likeness (QED) is 0.618. The lowest BCUT2D eigenvalue weighted by molar-refractivity contribution is -0.242. The van der Waals surface area contributed by atoms with Crippen LogP contribution in [0.5, 0.6) is 5.75 Å². The van der Waals surface area contributed by atoms with Gasteiger partial charge in [-0.3, -0.25) is 0 Å². The van der Waals surface area contributed by atoms with Crippen molar-refractivity contribution < 1.29 is 23.7 Å². The van der Waals surface area contributed by atoms with Crippen molar-refractivity contribution in [2.45, 2.75) is 38.3 Å². The first-order chi connectivity index (χ1) is 10.6. The van der Waals surface area contributed by atoms with Gasteiger partial charge in [0.05, 0.1) is 26.4 Å². The van der Waals surface area contributed by atoms with E-state index in [4.69, 9.17) is 14.2 Å². The van der Waals surface area contributed by atoms with Crippen LogP contribution in [0, 0.1) is 0 Å². The molecule has 1 aromatic rings. The number of hydrogen-bond donors (Lipinski definition) is 0. The van der Waals surface area contributed by atoms with Crippen molar-refractivity contribution in [1.29, 1.82) is 0 Å². The SMILES string of the molecule is COC(=O)/C=C/CC1CC(C)OC(c2ccc(OC)cc2)O1. The average Bonchev–Trinajstić information content (AvgIpc) is 2.54. The maximum Gasteiger partial charge on any atom is 0.330 e. The van der Waals surface area contributed by atoms with Crippen LogP contribution in [0.1, 0.15) is 31.6 Å².